The summed E-state index contributed by atoms with van der Waals surface area (Å²) < 4.78 is 24.2. The molecule has 4 N–H and O–H groups in total. The maximum atomic E-state index is 11.8. The zero-order valence-corrected chi connectivity index (χ0v) is 12.3. The van der Waals surface area contributed by atoms with Gasteiger partial charge in [-0.05, 0) is 18.2 Å². The maximum absolute atomic E-state index is 11.8. The van der Waals surface area contributed by atoms with E-state index in [0.717, 1.165) is 0 Å². The zero-order valence-electron chi connectivity index (χ0n) is 11.5. The highest BCUT2D eigenvalue weighted by Crippen LogP contribution is 2.24. The summed E-state index contributed by atoms with van der Waals surface area (Å²) in [5.41, 5.74) is 6.37. The molecule has 0 saturated heterocycles. The number of nitrogen functional groups attached to an aromatic ring is 1. The van der Waals surface area contributed by atoms with Crippen molar-refractivity contribution in [1.29, 1.82) is 0 Å². The van der Waals surface area contributed by atoms with Gasteiger partial charge in [0.1, 0.15) is 4.90 Å². The minimum absolute atomic E-state index is 0.0213. The van der Waals surface area contributed by atoms with E-state index in [1.54, 1.807) is 20.2 Å². The Bertz CT molecular complexity index is 795. The van der Waals surface area contributed by atoms with Crippen molar-refractivity contribution in [3.05, 3.63) is 36.2 Å². The first-order chi connectivity index (χ1) is 9.71. The molecule has 0 unspecified atom stereocenters. The number of sulfonamides is 1. The summed E-state index contributed by atoms with van der Waals surface area (Å²) >= 11 is 0. The van der Waals surface area contributed by atoms with Gasteiger partial charge in [-0.15, -0.1) is 0 Å². The molecule has 0 atom stereocenters. The van der Waals surface area contributed by atoms with Crippen LogP contribution in [0, 0.1) is 0 Å². The molecule has 1 aromatic heterocycles. The van der Waals surface area contributed by atoms with Crippen molar-refractivity contribution >= 4 is 21.6 Å². The van der Waals surface area contributed by atoms with E-state index in [1.807, 2.05) is 0 Å². The van der Waals surface area contributed by atoms with Crippen LogP contribution < -0.4 is 10.9 Å². The predicted molar refractivity (Wildman–Crippen MR) is 77.4 cm³/mol. The largest absolute Gasteiger partial charge is 0.396 e. The van der Waals surface area contributed by atoms with Crippen molar-refractivity contribution in [3.63, 3.8) is 0 Å². The van der Waals surface area contributed by atoms with Gasteiger partial charge >= 0.3 is 0 Å². The van der Waals surface area contributed by atoms with Gasteiger partial charge in [0.2, 0.25) is 10.0 Å². The Hall–Kier alpha value is -2.39. The first-order valence-corrected chi connectivity index (χ1v) is 7.45. The molecule has 0 aliphatic heterocycles. The molecule has 1 aromatic carbocycles. The number of carbonyl (C=O) groups is 1. The molecule has 0 radical (unpaired) electrons. The fourth-order valence-corrected chi connectivity index (χ4v) is 2.46. The quantitative estimate of drug-likeness (QED) is 0.760. The average Bonchev–Trinajstić information content (AvgIpc) is 2.85. The second-order valence-electron chi connectivity index (χ2n) is 4.58. The van der Waals surface area contributed by atoms with Gasteiger partial charge in [-0.25, -0.2) is 18.2 Å². The topological polar surface area (TPSA) is 124 Å². The van der Waals surface area contributed by atoms with Crippen LogP contribution in [0.3, 0.4) is 0 Å². The van der Waals surface area contributed by atoms with Gasteiger partial charge in [0.25, 0.3) is 5.91 Å². The summed E-state index contributed by atoms with van der Waals surface area (Å²) in [4.78, 5) is 13.0. The van der Waals surface area contributed by atoms with Gasteiger partial charge in [0.15, 0.2) is 5.69 Å². The second-order valence-corrected chi connectivity index (χ2v) is 6.11. The number of benzene rings is 1. The van der Waals surface area contributed by atoms with Gasteiger partial charge in [0, 0.05) is 20.3 Å². The number of aromatic nitrogens is 2. The molecule has 0 spiro atoms. The fraction of sp³-hybridized carbons (Fsp3) is 0.167. The molecule has 0 aliphatic carbocycles. The smallest absolute Gasteiger partial charge is 0.273 e. The minimum Gasteiger partial charge on any atom is -0.396 e. The molecule has 2 rings (SSSR count). The van der Waals surface area contributed by atoms with Crippen molar-refractivity contribution in [2.75, 3.05) is 19.8 Å². The summed E-state index contributed by atoms with van der Waals surface area (Å²) in [5.74, 6) is -0.269. The lowest BCUT2D eigenvalue weighted by Gasteiger charge is -2.10. The average molecular weight is 309 g/mol. The number of amides is 1. The van der Waals surface area contributed by atoms with E-state index in [2.05, 4.69) is 5.10 Å². The highest BCUT2D eigenvalue weighted by Gasteiger charge is 2.17. The third-order valence-corrected chi connectivity index (χ3v) is 3.78. The fourth-order valence-electron chi connectivity index (χ4n) is 1.78. The number of nitrogens with two attached hydrogens (primary N) is 2. The Morgan fingerprint density at radius 2 is 1.95 bits per heavy atom. The lowest BCUT2D eigenvalue weighted by molar-refractivity contribution is 0.0821. The van der Waals surface area contributed by atoms with Gasteiger partial charge in [-0.3, -0.25) is 4.79 Å². The Labute approximate surface area is 122 Å². The van der Waals surface area contributed by atoms with Crippen LogP contribution in [0.2, 0.25) is 0 Å². The molecule has 21 heavy (non-hydrogen) atoms. The third-order valence-electron chi connectivity index (χ3n) is 2.81. The van der Waals surface area contributed by atoms with Gasteiger partial charge in [0.05, 0.1) is 11.4 Å². The first kappa shape index (κ1) is 15.0. The normalized spacial score (nSPS) is 11.4. The summed E-state index contributed by atoms with van der Waals surface area (Å²) in [6.45, 7) is 0. The first-order valence-electron chi connectivity index (χ1n) is 5.91. The van der Waals surface area contributed by atoms with Crippen molar-refractivity contribution in [2.24, 2.45) is 5.14 Å². The molecular formula is C12H15N5O3S. The predicted octanol–water partition coefficient (Wildman–Crippen LogP) is -0.196. The molecule has 0 bridgehead atoms. The van der Waals surface area contributed by atoms with E-state index >= 15 is 0 Å². The second kappa shape index (κ2) is 5.19. The lowest BCUT2D eigenvalue weighted by atomic mass is 10.3. The minimum atomic E-state index is -3.93. The van der Waals surface area contributed by atoms with Crippen LogP contribution >= 0.6 is 0 Å². The van der Waals surface area contributed by atoms with E-state index < -0.39 is 10.0 Å². The van der Waals surface area contributed by atoms with E-state index in [-0.39, 0.29) is 22.2 Å². The van der Waals surface area contributed by atoms with Crippen LogP contribution in [-0.4, -0.2) is 43.1 Å². The van der Waals surface area contributed by atoms with Crippen LogP contribution in [-0.2, 0) is 10.0 Å². The summed E-state index contributed by atoms with van der Waals surface area (Å²) in [5, 5.41) is 9.19. The molecule has 112 valence electrons. The number of carbonyl (C=O) groups excluding carboxylic acids is 1. The van der Waals surface area contributed by atoms with E-state index in [0.29, 0.717) is 5.69 Å². The SMILES string of the molecule is CN(C)C(=O)c1ccn(-c2cccc(S(N)(=O)=O)c2N)n1. The van der Waals surface area contributed by atoms with E-state index in [4.69, 9.17) is 10.9 Å². The Morgan fingerprint density at radius 3 is 2.52 bits per heavy atom. The van der Waals surface area contributed by atoms with Crippen molar-refractivity contribution in [2.45, 2.75) is 4.90 Å². The van der Waals surface area contributed by atoms with Gasteiger partial charge in [-0.1, -0.05) is 6.07 Å². The molecule has 1 heterocycles. The Morgan fingerprint density at radius 1 is 1.29 bits per heavy atom. The van der Waals surface area contributed by atoms with Crippen LogP contribution in [0.25, 0.3) is 5.69 Å². The van der Waals surface area contributed by atoms with E-state index in [9.17, 15) is 13.2 Å². The molecule has 8 nitrogen and oxygen atoms in total. The molecule has 0 aliphatic rings. The summed E-state index contributed by atoms with van der Waals surface area (Å²) in [7, 11) is -0.711. The number of primary sulfonamides is 1. The highest BCUT2D eigenvalue weighted by atomic mass is 32.2. The summed E-state index contributed by atoms with van der Waals surface area (Å²) in [6, 6.07) is 5.91. The molecular weight excluding hydrogens is 294 g/mol. The van der Waals surface area contributed by atoms with Crippen LogP contribution in [0.4, 0.5) is 5.69 Å². The number of hydrogen-bond donors (Lipinski definition) is 2. The molecule has 2 aromatic rings. The van der Waals surface area contributed by atoms with Crippen molar-refractivity contribution < 1.29 is 13.2 Å². The number of rotatable bonds is 3. The zero-order chi connectivity index (χ0) is 15.8. The molecule has 0 fully saturated rings. The van der Waals surface area contributed by atoms with Crippen LogP contribution in [0.5, 0.6) is 0 Å². The van der Waals surface area contributed by atoms with Crippen molar-refractivity contribution in [1.82, 2.24) is 14.7 Å². The monoisotopic (exact) mass is 309 g/mol. The Balaban J connectivity index is 2.52. The van der Waals surface area contributed by atoms with Gasteiger partial charge < -0.3 is 10.6 Å². The molecule has 1 amide bonds. The molecule has 0 saturated carbocycles. The van der Waals surface area contributed by atoms with Crippen molar-refractivity contribution in [3.8, 4) is 5.69 Å². The molecule has 9 heteroatoms. The number of para-hydroxylation sites is 1. The summed E-state index contributed by atoms with van der Waals surface area (Å²) in [6.07, 6.45) is 1.52. The van der Waals surface area contributed by atoms with Crippen LogP contribution in [0.1, 0.15) is 10.5 Å². The standard InChI is InChI=1S/C12H15N5O3S/c1-16(2)12(18)8-6-7-17(15-8)9-4-3-5-10(11(9)13)21(14,19)20/h3-7H,13H2,1-2H3,(H2,14,19,20). The van der Waals surface area contributed by atoms with Gasteiger partial charge in [-0.2, -0.15) is 5.10 Å². The number of hydrogen-bond acceptors (Lipinski definition) is 5. The third kappa shape index (κ3) is 2.88. The van der Waals surface area contributed by atoms with Crippen LogP contribution in [0.15, 0.2) is 35.4 Å². The van der Waals surface area contributed by atoms with E-state index in [1.165, 1.54) is 34.0 Å². The number of anilines is 1. The Kier molecular flexibility index (Phi) is 3.71. The highest BCUT2D eigenvalue weighted by molar-refractivity contribution is 7.89. The maximum Gasteiger partial charge on any atom is 0.273 e. The lowest BCUT2D eigenvalue weighted by Crippen LogP contribution is -2.22. The number of nitrogens with zero attached hydrogens (tertiary/aromatic N) is 3.